The fourth-order valence-electron chi connectivity index (χ4n) is 18.7. The Kier molecular flexibility index (Phi) is 0.735. The summed E-state index contributed by atoms with van der Waals surface area (Å²) in [6, 6.07) is 11.6. The monoisotopic (exact) mass is 440 g/mol. The number of carboxylic acids is 1. The molecule has 10 aliphatic heterocycles. The van der Waals surface area contributed by atoms with Crippen molar-refractivity contribution in [1.29, 1.82) is 0 Å². The van der Waals surface area contributed by atoms with Gasteiger partial charge >= 0.3 is 162 Å². The number of ketones is 1. The van der Waals surface area contributed by atoms with E-state index in [2.05, 4.69) is 0 Å². The van der Waals surface area contributed by atoms with Gasteiger partial charge in [-0.1, -0.05) is 0 Å². The van der Waals surface area contributed by atoms with Crippen molar-refractivity contribution in [2.24, 2.45) is 0 Å². The van der Waals surface area contributed by atoms with E-state index in [4.69, 9.17) is 5.10 Å². The molecule has 4 atom stereocenters. The Morgan fingerprint density at radius 2 is 1.67 bits per heavy atom. The first kappa shape index (κ1) is 13.3. The number of carbonyl (C=O) groups excluding carboxylic acids is 1. The number of hydrogen-bond acceptors (Lipinski definition) is 3. The first-order valence-electron chi connectivity index (χ1n) is 11.1. The van der Waals surface area contributed by atoms with Crippen molar-refractivity contribution in [1.82, 2.24) is 9.78 Å². The minimum absolute atomic E-state index is 0.0119. The SMILES string of the molecule is O=C(C=Cc1ccccc1)Cn1nc([C]23[CH]4[CH]5[CH]6[CH]2[Fe]56432789[CH]3[CH]2[CH]7[CH]8[CH]39)cc1C(=O)O. The van der Waals surface area contributed by atoms with Crippen LogP contribution in [0.15, 0.2) is 42.5 Å². The minimum atomic E-state index is -3.39. The Labute approximate surface area is 162 Å². The van der Waals surface area contributed by atoms with E-state index in [1.165, 1.54) is 38.4 Å². The van der Waals surface area contributed by atoms with Crippen molar-refractivity contribution in [2.75, 3.05) is 0 Å². The summed E-state index contributed by atoms with van der Waals surface area (Å²) in [6.45, 7) is -3.38. The van der Waals surface area contributed by atoms with Crippen LogP contribution >= 0.6 is 0 Å². The summed E-state index contributed by atoms with van der Waals surface area (Å²) in [4.78, 5) is 34.9. The topological polar surface area (TPSA) is 72.2 Å². The molecule has 1 N–H and O–H groups in total. The normalized spacial score (nSPS) is 72.6. The summed E-state index contributed by atoms with van der Waals surface area (Å²) in [5.74, 6) is -1.07. The number of nitrogens with zero attached hydrogens (tertiary/aromatic N) is 2. The zero-order chi connectivity index (χ0) is 19.5. The number of aromatic nitrogens is 2. The fraction of sp³-hybridized carbons (Fsp3) is 0.458. The summed E-state index contributed by atoms with van der Waals surface area (Å²) in [5, 5.41) is 14.8. The molecule has 2 aromatic rings. The van der Waals surface area contributed by atoms with Crippen molar-refractivity contribution in [3.63, 3.8) is 0 Å². The molecule has 0 saturated carbocycles. The van der Waals surface area contributed by atoms with Gasteiger partial charge in [-0.05, 0) is 0 Å². The van der Waals surface area contributed by atoms with Crippen LogP contribution in [0.3, 0.4) is 0 Å². The number of aromatic carboxylic acids is 1. The van der Waals surface area contributed by atoms with Crippen LogP contribution in [0.25, 0.3) is 6.08 Å². The van der Waals surface area contributed by atoms with Crippen molar-refractivity contribution in [2.45, 2.75) is 54.2 Å². The van der Waals surface area contributed by atoms with Gasteiger partial charge in [0.15, 0.2) is 0 Å². The van der Waals surface area contributed by atoms with E-state index in [-0.39, 0.29) is 18.0 Å². The molecular formula is C24H20FeN2O3. The first-order chi connectivity index (χ1) is 14.3. The molecule has 152 valence electrons. The Hall–Kier alpha value is -2.17. The summed E-state index contributed by atoms with van der Waals surface area (Å²) in [7, 11) is 0. The first-order valence-corrected chi connectivity index (χ1v) is 17.4. The van der Waals surface area contributed by atoms with Crippen molar-refractivity contribution in [3.05, 3.63) is 59.4 Å². The molecule has 0 radical (unpaired) electrons. The molecule has 10 fully saturated rings. The third-order valence-electron chi connectivity index (χ3n) is 17.6. The Morgan fingerprint density at radius 3 is 2.17 bits per heavy atom. The van der Waals surface area contributed by atoms with Gasteiger partial charge in [-0.15, -0.1) is 0 Å². The fourth-order valence-corrected chi connectivity index (χ4v) is 92.7. The van der Waals surface area contributed by atoms with Crippen LogP contribution in [-0.4, -0.2) is 26.6 Å². The number of allylic oxidation sites excluding steroid dienone is 1. The van der Waals surface area contributed by atoms with Crippen molar-refractivity contribution < 1.29 is 21.2 Å². The second kappa shape index (κ2) is 1.66. The van der Waals surface area contributed by atoms with Crippen LogP contribution in [0.4, 0.5) is 0 Å². The van der Waals surface area contributed by atoms with Crippen LogP contribution in [0, 0.1) is 0 Å². The predicted octanol–water partition coefficient (Wildman–Crippen LogP) is 4.66. The average Bonchev–Trinajstić information content (AvgIpc) is 3.62. The second-order valence-electron chi connectivity index (χ2n) is 13.8. The van der Waals surface area contributed by atoms with Crippen LogP contribution in [0.2, 0.25) is 43.3 Å². The Balaban J connectivity index is 0.995. The molecular weight excluding hydrogens is 420 g/mol. The summed E-state index contributed by atoms with van der Waals surface area (Å²) in [5.41, 5.74) is 2.30. The van der Waals surface area contributed by atoms with Gasteiger partial charge in [0.2, 0.25) is 0 Å². The van der Waals surface area contributed by atoms with E-state index in [1.54, 1.807) is 12.2 Å². The number of benzene rings is 1. The van der Waals surface area contributed by atoms with Gasteiger partial charge in [-0.2, -0.15) is 0 Å². The van der Waals surface area contributed by atoms with Crippen LogP contribution in [0.5, 0.6) is 0 Å². The van der Waals surface area contributed by atoms with Crippen molar-refractivity contribution in [3.8, 4) is 0 Å². The number of hydrogen-bond donors (Lipinski definition) is 1. The predicted molar refractivity (Wildman–Crippen MR) is 105 cm³/mol. The molecule has 5 nitrogen and oxygen atoms in total. The van der Waals surface area contributed by atoms with Crippen LogP contribution in [0.1, 0.15) is 21.7 Å². The number of rotatable bonds is 6. The van der Waals surface area contributed by atoms with Gasteiger partial charge in [-0.3, -0.25) is 0 Å². The number of fused-ring (bicyclic) bond motifs is 10. The van der Waals surface area contributed by atoms with Gasteiger partial charge in [0, 0.05) is 0 Å². The average molecular weight is 440 g/mol. The maximum atomic E-state index is 12.6. The molecule has 10 aliphatic rings. The summed E-state index contributed by atoms with van der Waals surface area (Å²) < 4.78 is 1.92. The molecule has 4 unspecified atom stereocenters. The molecule has 30 heavy (non-hydrogen) atoms. The molecule has 11 heterocycles. The quantitative estimate of drug-likeness (QED) is 0.524. The molecule has 1 aromatic heterocycles. The zero-order valence-corrected chi connectivity index (χ0v) is 17.1. The van der Waals surface area contributed by atoms with Gasteiger partial charge < -0.3 is 0 Å². The van der Waals surface area contributed by atoms with Crippen LogP contribution in [-0.2, 0) is 22.2 Å². The van der Waals surface area contributed by atoms with Gasteiger partial charge in [0.25, 0.3) is 0 Å². The Morgan fingerprint density at radius 1 is 1.03 bits per heavy atom. The van der Waals surface area contributed by atoms with E-state index in [0.717, 1.165) is 20.9 Å². The third-order valence-corrected chi connectivity index (χ3v) is 60.0. The second-order valence-corrected chi connectivity index (χ2v) is 37.3. The van der Waals surface area contributed by atoms with Crippen LogP contribution < -0.4 is 0 Å². The number of carboxylic acid groups (broad SMARTS) is 1. The molecule has 0 aliphatic carbocycles. The van der Waals surface area contributed by atoms with Gasteiger partial charge in [0.1, 0.15) is 0 Å². The Bertz CT molecular complexity index is 1680. The molecule has 0 amide bonds. The summed E-state index contributed by atoms with van der Waals surface area (Å²) in [6.07, 6.45) is 3.34. The standard InChI is InChI=1S/C19H15N2O3.C5H5.Fe/c22-16(11-10-14-6-2-1-3-7-14)13-21-18(19(23)24)12-17(20-21)15-8-4-5-9-15;1-2-4-5-3-1;/h1-12H,13H2,(H,23,24);1-5H;. The molecule has 1 aromatic carbocycles. The van der Waals surface area contributed by atoms with E-state index in [1.807, 2.05) is 36.4 Å². The van der Waals surface area contributed by atoms with E-state index < -0.39 is 12.5 Å². The molecule has 10 saturated heterocycles. The number of carbonyl (C=O) groups is 2. The van der Waals surface area contributed by atoms with Crippen molar-refractivity contribution >= 4 is 17.8 Å². The molecule has 12 rings (SSSR count). The van der Waals surface area contributed by atoms with E-state index >= 15 is 0 Å². The summed E-state index contributed by atoms with van der Waals surface area (Å²) >= 11 is 0. The van der Waals surface area contributed by atoms with E-state index in [0.29, 0.717) is 4.31 Å². The van der Waals surface area contributed by atoms with Gasteiger partial charge in [0.05, 0.1) is 0 Å². The molecule has 1 spiro atoms. The maximum absolute atomic E-state index is 12.6. The molecule has 0 bridgehead atoms. The van der Waals surface area contributed by atoms with Gasteiger partial charge in [-0.25, -0.2) is 0 Å². The third kappa shape index (κ3) is 0.255. The molecule has 6 heteroatoms. The van der Waals surface area contributed by atoms with E-state index in [9.17, 15) is 14.7 Å². The zero-order valence-electron chi connectivity index (χ0n) is 16.0.